The first-order valence-corrected chi connectivity index (χ1v) is 6.07. The molecule has 17 heavy (non-hydrogen) atoms. The topological polar surface area (TPSA) is 66.4 Å². The fourth-order valence-corrected chi connectivity index (χ4v) is 1.47. The van der Waals surface area contributed by atoms with Crippen molar-refractivity contribution in [1.82, 2.24) is 5.32 Å². The molecule has 0 aromatic heterocycles. The van der Waals surface area contributed by atoms with Crippen molar-refractivity contribution in [2.75, 3.05) is 0 Å². The number of rotatable bonds is 9. The molecule has 2 N–H and O–H groups in total. The Kier molecular flexibility index (Phi) is 8.85. The van der Waals surface area contributed by atoms with Gasteiger partial charge in [-0.1, -0.05) is 32.6 Å². The molecule has 1 amide bonds. The van der Waals surface area contributed by atoms with Crippen LogP contribution in [0.5, 0.6) is 0 Å². The van der Waals surface area contributed by atoms with Crippen LogP contribution in [0.2, 0.25) is 0 Å². The van der Waals surface area contributed by atoms with Gasteiger partial charge in [0, 0.05) is 12.8 Å². The lowest BCUT2D eigenvalue weighted by molar-refractivity contribution is -0.141. The number of nitrogens with one attached hydrogen (secondary N) is 1. The molecule has 0 aliphatic rings. The van der Waals surface area contributed by atoms with E-state index in [0.29, 0.717) is 6.42 Å². The number of aliphatic carboxylic acids is 1. The molecule has 0 heterocycles. The highest BCUT2D eigenvalue weighted by Crippen LogP contribution is 2.05. The number of terminal acetylenes is 1. The van der Waals surface area contributed by atoms with Crippen LogP contribution < -0.4 is 5.32 Å². The monoisotopic (exact) mass is 239 g/mol. The normalized spacial score (nSPS) is 11.5. The van der Waals surface area contributed by atoms with E-state index in [0.717, 1.165) is 25.7 Å². The van der Waals surface area contributed by atoms with Crippen LogP contribution in [0.3, 0.4) is 0 Å². The summed E-state index contributed by atoms with van der Waals surface area (Å²) >= 11 is 0. The Bertz CT molecular complexity index is 281. The van der Waals surface area contributed by atoms with Gasteiger partial charge in [-0.3, -0.25) is 4.79 Å². The van der Waals surface area contributed by atoms with Gasteiger partial charge in [-0.05, 0) is 6.42 Å². The van der Waals surface area contributed by atoms with E-state index < -0.39 is 12.0 Å². The molecular weight excluding hydrogens is 218 g/mol. The first-order chi connectivity index (χ1) is 8.11. The summed E-state index contributed by atoms with van der Waals surface area (Å²) in [5.41, 5.74) is 0. The van der Waals surface area contributed by atoms with E-state index in [-0.39, 0.29) is 12.3 Å². The highest BCUT2D eigenvalue weighted by molar-refractivity contribution is 5.83. The van der Waals surface area contributed by atoms with Crippen molar-refractivity contribution in [2.24, 2.45) is 0 Å². The van der Waals surface area contributed by atoms with Crippen LogP contribution in [-0.2, 0) is 9.59 Å². The van der Waals surface area contributed by atoms with Gasteiger partial charge in [-0.25, -0.2) is 4.79 Å². The lowest BCUT2D eigenvalue weighted by Gasteiger charge is -2.11. The maximum atomic E-state index is 11.4. The quantitative estimate of drug-likeness (QED) is 0.477. The second kappa shape index (κ2) is 9.71. The average Bonchev–Trinajstić information content (AvgIpc) is 2.28. The average molecular weight is 239 g/mol. The molecule has 0 bridgehead atoms. The lowest BCUT2D eigenvalue weighted by atomic mass is 10.1. The molecular formula is C13H21NO3. The van der Waals surface area contributed by atoms with E-state index in [1.54, 1.807) is 0 Å². The zero-order valence-corrected chi connectivity index (χ0v) is 10.4. The Morgan fingerprint density at radius 2 is 1.94 bits per heavy atom. The number of amides is 1. The van der Waals surface area contributed by atoms with Crippen LogP contribution in [0, 0.1) is 12.3 Å². The summed E-state index contributed by atoms with van der Waals surface area (Å²) in [5, 5.41) is 11.2. The van der Waals surface area contributed by atoms with Crippen LogP contribution in [-0.4, -0.2) is 23.0 Å². The van der Waals surface area contributed by atoms with Gasteiger partial charge in [0.2, 0.25) is 5.91 Å². The number of carboxylic acid groups (broad SMARTS) is 1. The fourth-order valence-electron chi connectivity index (χ4n) is 1.47. The minimum atomic E-state index is -1.08. The third-order valence-electron chi connectivity index (χ3n) is 2.46. The van der Waals surface area contributed by atoms with Crippen molar-refractivity contribution in [1.29, 1.82) is 0 Å². The first-order valence-electron chi connectivity index (χ1n) is 6.07. The molecule has 0 aromatic rings. The summed E-state index contributed by atoms with van der Waals surface area (Å²) in [7, 11) is 0. The molecule has 4 nitrogen and oxygen atoms in total. The summed E-state index contributed by atoms with van der Waals surface area (Å²) in [6.45, 7) is 2.13. The molecule has 0 aromatic carbocycles. The second-order valence-corrected chi connectivity index (χ2v) is 4.03. The van der Waals surface area contributed by atoms with E-state index in [9.17, 15) is 9.59 Å². The Morgan fingerprint density at radius 1 is 1.29 bits per heavy atom. The molecule has 0 saturated carbocycles. The van der Waals surface area contributed by atoms with Crippen LogP contribution in [0.4, 0.5) is 0 Å². The number of carbonyl (C=O) groups excluding carboxylic acids is 1. The minimum absolute atomic E-state index is 0.0247. The largest absolute Gasteiger partial charge is 0.480 e. The van der Waals surface area contributed by atoms with E-state index in [4.69, 9.17) is 11.5 Å². The standard InChI is InChI=1S/C13H21NO3/c1-3-5-6-7-8-10-12(15)14-11(9-4-2)13(16)17/h2,11H,3,5-10H2,1H3,(H,14,15)(H,16,17). The predicted molar refractivity (Wildman–Crippen MR) is 66.4 cm³/mol. The highest BCUT2D eigenvalue weighted by atomic mass is 16.4. The number of unbranched alkanes of at least 4 members (excludes halogenated alkanes) is 4. The molecule has 0 spiro atoms. The van der Waals surface area contributed by atoms with Crippen LogP contribution in [0.1, 0.15) is 51.9 Å². The van der Waals surface area contributed by atoms with Gasteiger partial charge in [0.15, 0.2) is 0 Å². The molecule has 0 fully saturated rings. The van der Waals surface area contributed by atoms with Gasteiger partial charge in [0.05, 0.1) is 0 Å². The summed E-state index contributed by atoms with van der Waals surface area (Å²) in [5.74, 6) is 0.929. The third kappa shape index (κ3) is 8.32. The summed E-state index contributed by atoms with van der Waals surface area (Å²) in [6.07, 6.45) is 10.7. The van der Waals surface area contributed by atoms with Gasteiger partial charge in [0.1, 0.15) is 6.04 Å². The number of hydrogen-bond acceptors (Lipinski definition) is 2. The Labute approximate surface area is 103 Å². The molecule has 1 unspecified atom stereocenters. The van der Waals surface area contributed by atoms with Crippen molar-refractivity contribution in [2.45, 2.75) is 57.9 Å². The lowest BCUT2D eigenvalue weighted by Crippen LogP contribution is -2.40. The summed E-state index contributed by atoms with van der Waals surface area (Å²) in [4.78, 5) is 22.2. The van der Waals surface area contributed by atoms with Crippen LogP contribution in [0.25, 0.3) is 0 Å². The van der Waals surface area contributed by atoms with Crippen molar-refractivity contribution in [3.63, 3.8) is 0 Å². The second-order valence-electron chi connectivity index (χ2n) is 4.03. The van der Waals surface area contributed by atoms with E-state index in [1.165, 1.54) is 6.42 Å². The fraction of sp³-hybridized carbons (Fsp3) is 0.692. The van der Waals surface area contributed by atoms with E-state index >= 15 is 0 Å². The maximum Gasteiger partial charge on any atom is 0.327 e. The molecule has 0 aliphatic heterocycles. The van der Waals surface area contributed by atoms with Crippen LogP contribution in [0.15, 0.2) is 0 Å². The molecule has 0 rings (SSSR count). The van der Waals surface area contributed by atoms with Crippen LogP contribution >= 0.6 is 0 Å². The van der Waals surface area contributed by atoms with Crippen molar-refractivity contribution >= 4 is 11.9 Å². The highest BCUT2D eigenvalue weighted by Gasteiger charge is 2.17. The molecule has 0 saturated heterocycles. The molecule has 4 heteroatoms. The zero-order chi connectivity index (χ0) is 13.1. The Balaban J connectivity index is 3.76. The Morgan fingerprint density at radius 3 is 2.47 bits per heavy atom. The van der Waals surface area contributed by atoms with Gasteiger partial charge in [0.25, 0.3) is 0 Å². The van der Waals surface area contributed by atoms with Crippen molar-refractivity contribution in [3.05, 3.63) is 0 Å². The Hall–Kier alpha value is -1.50. The summed E-state index contributed by atoms with van der Waals surface area (Å²) in [6, 6.07) is -0.955. The zero-order valence-electron chi connectivity index (χ0n) is 10.4. The van der Waals surface area contributed by atoms with E-state index in [1.807, 2.05) is 0 Å². The predicted octanol–water partition coefficient (Wildman–Crippen LogP) is 1.94. The first kappa shape index (κ1) is 15.5. The molecule has 96 valence electrons. The number of hydrogen-bond donors (Lipinski definition) is 2. The van der Waals surface area contributed by atoms with Gasteiger partial charge < -0.3 is 10.4 Å². The smallest absolute Gasteiger partial charge is 0.327 e. The minimum Gasteiger partial charge on any atom is -0.480 e. The molecule has 1 atom stereocenters. The van der Waals surface area contributed by atoms with Gasteiger partial charge in [-0.2, -0.15) is 0 Å². The maximum absolute atomic E-state index is 11.4. The number of carbonyl (C=O) groups is 2. The molecule has 0 aliphatic carbocycles. The summed E-state index contributed by atoms with van der Waals surface area (Å²) < 4.78 is 0. The van der Waals surface area contributed by atoms with Crippen molar-refractivity contribution in [3.8, 4) is 12.3 Å². The molecule has 0 radical (unpaired) electrons. The van der Waals surface area contributed by atoms with E-state index in [2.05, 4.69) is 18.2 Å². The number of carboxylic acids is 1. The van der Waals surface area contributed by atoms with Gasteiger partial charge in [-0.15, -0.1) is 12.3 Å². The van der Waals surface area contributed by atoms with Gasteiger partial charge >= 0.3 is 5.97 Å². The third-order valence-corrected chi connectivity index (χ3v) is 2.46. The SMILES string of the molecule is C#CCC(NC(=O)CCCCCCC)C(=O)O. The van der Waals surface area contributed by atoms with Crippen molar-refractivity contribution < 1.29 is 14.7 Å².